The van der Waals surface area contributed by atoms with Crippen LogP contribution in [0.15, 0.2) is 24.4 Å². The Balaban J connectivity index is 1.33. The lowest BCUT2D eigenvalue weighted by atomic mass is 9.68. The molecule has 3 aromatic rings. The number of nitrogens with one attached hydrogen (secondary N) is 1. The summed E-state index contributed by atoms with van der Waals surface area (Å²) in [5.74, 6) is 0.174. The molecule has 1 saturated heterocycles. The second kappa shape index (κ2) is 7.17. The van der Waals surface area contributed by atoms with Crippen LogP contribution in [0.4, 0.5) is 0 Å². The van der Waals surface area contributed by atoms with Crippen LogP contribution in [0, 0.1) is 5.41 Å². The zero-order valence-electron chi connectivity index (χ0n) is 18.0. The van der Waals surface area contributed by atoms with E-state index in [2.05, 4.69) is 30.7 Å². The van der Waals surface area contributed by atoms with Gasteiger partial charge in [0.15, 0.2) is 5.78 Å². The normalized spacial score (nSPS) is 18.6. The molecule has 2 aromatic heterocycles. The first-order chi connectivity index (χ1) is 14.7. The van der Waals surface area contributed by atoms with E-state index in [1.165, 1.54) is 0 Å². The fraction of sp³-hybridized carbons (Fsp3) is 0.458. The maximum atomic E-state index is 13.1. The Hall–Kier alpha value is -2.18. The Bertz CT molecular complexity index is 1200. The van der Waals surface area contributed by atoms with Gasteiger partial charge in [0.2, 0.25) is 0 Å². The smallest absolute Gasteiger partial charge is 0.253 e. The van der Waals surface area contributed by atoms with Crippen molar-refractivity contribution >= 4 is 45.5 Å². The molecule has 0 atom stereocenters. The molecule has 2 aliphatic rings. The predicted octanol–water partition coefficient (Wildman–Crippen LogP) is 5.63. The zero-order valence-corrected chi connectivity index (χ0v) is 19.6. The highest BCUT2D eigenvalue weighted by Crippen LogP contribution is 2.46. The lowest BCUT2D eigenvalue weighted by molar-refractivity contribution is 0.0522. The quantitative estimate of drug-likeness (QED) is 0.517. The van der Waals surface area contributed by atoms with Gasteiger partial charge in [0, 0.05) is 46.9 Å². The number of carbonyl (C=O) groups is 2. The number of rotatable bonds is 1. The van der Waals surface area contributed by atoms with Crippen molar-refractivity contribution in [1.82, 2.24) is 14.9 Å². The van der Waals surface area contributed by atoms with E-state index < -0.39 is 0 Å². The fourth-order valence-electron chi connectivity index (χ4n) is 4.81. The molecule has 1 spiro atoms. The predicted molar refractivity (Wildman–Crippen MR) is 124 cm³/mol. The van der Waals surface area contributed by atoms with Gasteiger partial charge >= 0.3 is 0 Å². The first kappa shape index (κ1) is 20.7. The maximum absolute atomic E-state index is 13.1. The Morgan fingerprint density at radius 1 is 1.23 bits per heavy atom. The number of nitrogens with zero attached hydrogens (tertiary/aromatic N) is 2. The maximum Gasteiger partial charge on any atom is 0.253 e. The zero-order chi connectivity index (χ0) is 22.0. The van der Waals surface area contributed by atoms with Crippen molar-refractivity contribution in [1.29, 1.82) is 0 Å². The number of H-pyrrole nitrogens is 1. The third-order valence-electron chi connectivity index (χ3n) is 6.64. The molecule has 3 heterocycles. The molecule has 7 heteroatoms. The standard InChI is InChI=1S/C24H26ClN3O2S/c1-23(2,3)22-27-20-17(29)12-24(13-18(20)31-22)5-8-28(9-6-24)21(30)15-10-14-4-7-26-19(14)16(25)11-15/h4,7,10-11,26H,5-6,8-9,12-13H2,1-3H3. The summed E-state index contributed by atoms with van der Waals surface area (Å²) in [5, 5.41) is 2.53. The Morgan fingerprint density at radius 2 is 1.97 bits per heavy atom. The van der Waals surface area contributed by atoms with Crippen molar-refractivity contribution in [2.75, 3.05) is 13.1 Å². The van der Waals surface area contributed by atoms with Crippen LogP contribution in [-0.4, -0.2) is 39.6 Å². The van der Waals surface area contributed by atoms with Crippen molar-refractivity contribution in [3.8, 4) is 0 Å². The molecule has 0 saturated carbocycles. The number of piperidine rings is 1. The molecule has 31 heavy (non-hydrogen) atoms. The summed E-state index contributed by atoms with van der Waals surface area (Å²) in [6.07, 6.45) is 4.94. The molecular formula is C24H26ClN3O2S. The number of likely N-dealkylation sites (tertiary alicyclic amines) is 1. The van der Waals surface area contributed by atoms with Gasteiger partial charge in [-0.25, -0.2) is 4.98 Å². The highest BCUT2D eigenvalue weighted by molar-refractivity contribution is 7.12. The third kappa shape index (κ3) is 3.60. The number of halogens is 1. The molecule has 1 aliphatic heterocycles. The number of ketones is 1. The molecule has 1 fully saturated rings. The van der Waals surface area contributed by atoms with Gasteiger partial charge in [-0.2, -0.15) is 0 Å². The summed E-state index contributed by atoms with van der Waals surface area (Å²) in [4.78, 5) is 36.9. The van der Waals surface area contributed by atoms with E-state index in [9.17, 15) is 9.59 Å². The van der Waals surface area contributed by atoms with Gasteiger partial charge in [-0.05, 0) is 42.9 Å². The van der Waals surface area contributed by atoms with Crippen LogP contribution in [-0.2, 0) is 11.8 Å². The summed E-state index contributed by atoms with van der Waals surface area (Å²) >= 11 is 8.05. The number of fused-ring (bicyclic) bond motifs is 2. The molecule has 1 aliphatic carbocycles. The molecule has 0 radical (unpaired) electrons. The van der Waals surface area contributed by atoms with Crippen molar-refractivity contribution in [3.63, 3.8) is 0 Å². The van der Waals surface area contributed by atoms with Crippen LogP contribution in [0.1, 0.15) is 70.8 Å². The minimum Gasteiger partial charge on any atom is -0.360 e. The average Bonchev–Trinajstić information content (AvgIpc) is 3.35. The molecule has 162 valence electrons. The first-order valence-electron chi connectivity index (χ1n) is 10.7. The van der Waals surface area contributed by atoms with Gasteiger partial charge in [0.05, 0.1) is 15.5 Å². The van der Waals surface area contributed by atoms with Crippen LogP contribution in [0.2, 0.25) is 5.02 Å². The number of aromatic amines is 1. The topological polar surface area (TPSA) is 66.1 Å². The molecular weight excluding hydrogens is 430 g/mol. The van der Waals surface area contributed by atoms with E-state index in [-0.39, 0.29) is 22.5 Å². The monoisotopic (exact) mass is 455 g/mol. The van der Waals surface area contributed by atoms with E-state index >= 15 is 0 Å². The number of amides is 1. The lowest BCUT2D eigenvalue weighted by Gasteiger charge is -2.43. The van der Waals surface area contributed by atoms with E-state index in [0.717, 1.165) is 40.1 Å². The van der Waals surface area contributed by atoms with E-state index in [1.54, 1.807) is 17.4 Å². The molecule has 1 amide bonds. The fourth-order valence-corrected chi connectivity index (χ4v) is 6.40. The Kier molecular flexibility index (Phi) is 4.79. The Morgan fingerprint density at radius 3 is 2.68 bits per heavy atom. The second-order valence-corrected chi connectivity index (χ2v) is 11.5. The molecule has 1 aromatic carbocycles. The molecule has 5 nitrogen and oxygen atoms in total. The lowest BCUT2D eigenvalue weighted by Crippen LogP contribution is -2.46. The third-order valence-corrected chi connectivity index (χ3v) is 8.42. The van der Waals surface area contributed by atoms with Crippen molar-refractivity contribution < 1.29 is 9.59 Å². The molecule has 0 unspecified atom stereocenters. The van der Waals surface area contributed by atoms with Gasteiger partial charge in [0.1, 0.15) is 5.69 Å². The van der Waals surface area contributed by atoms with Gasteiger partial charge in [-0.1, -0.05) is 32.4 Å². The first-order valence-corrected chi connectivity index (χ1v) is 11.9. The molecule has 5 rings (SSSR count). The molecule has 0 bridgehead atoms. The highest BCUT2D eigenvalue weighted by Gasteiger charge is 2.43. The minimum atomic E-state index is -0.0508. The SMILES string of the molecule is CC(C)(C)c1nc2c(s1)CC1(CCN(C(=O)c3cc(Cl)c4[nH]ccc4c3)CC1)CC2=O. The summed E-state index contributed by atoms with van der Waals surface area (Å²) < 4.78 is 0. The van der Waals surface area contributed by atoms with Gasteiger partial charge in [0.25, 0.3) is 5.91 Å². The van der Waals surface area contributed by atoms with Crippen LogP contribution < -0.4 is 0 Å². The Labute approximate surface area is 190 Å². The number of aromatic nitrogens is 2. The van der Waals surface area contributed by atoms with Gasteiger partial charge < -0.3 is 9.88 Å². The van der Waals surface area contributed by atoms with E-state index in [0.29, 0.717) is 35.8 Å². The summed E-state index contributed by atoms with van der Waals surface area (Å²) in [5.41, 5.74) is 2.06. The minimum absolute atomic E-state index is 0.00971. The van der Waals surface area contributed by atoms with Crippen LogP contribution in [0.5, 0.6) is 0 Å². The molecule has 1 N–H and O–H groups in total. The number of hydrogen-bond acceptors (Lipinski definition) is 4. The average molecular weight is 456 g/mol. The van der Waals surface area contributed by atoms with Crippen LogP contribution in [0.3, 0.4) is 0 Å². The van der Waals surface area contributed by atoms with Crippen molar-refractivity contribution in [2.45, 2.75) is 51.9 Å². The summed E-state index contributed by atoms with van der Waals surface area (Å²) in [7, 11) is 0. The van der Waals surface area contributed by atoms with E-state index in [4.69, 9.17) is 11.6 Å². The number of thiazole rings is 1. The van der Waals surface area contributed by atoms with Gasteiger partial charge in [-0.15, -0.1) is 11.3 Å². The van der Waals surface area contributed by atoms with Crippen LogP contribution in [0.25, 0.3) is 10.9 Å². The largest absolute Gasteiger partial charge is 0.360 e. The second-order valence-electron chi connectivity index (χ2n) is 10.0. The van der Waals surface area contributed by atoms with Crippen LogP contribution >= 0.6 is 22.9 Å². The summed E-state index contributed by atoms with van der Waals surface area (Å²) in [6.45, 7) is 7.74. The van der Waals surface area contributed by atoms with Crippen molar-refractivity contribution in [3.05, 3.63) is 50.6 Å². The van der Waals surface area contributed by atoms with Gasteiger partial charge in [-0.3, -0.25) is 9.59 Å². The highest BCUT2D eigenvalue weighted by atomic mass is 35.5. The number of benzene rings is 1. The van der Waals surface area contributed by atoms with Crippen molar-refractivity contribution in [2.24, 2.45) is 5.41 Å². The summed E-state index contributed by atoms with van der Waals surface area (Å²) in [6, 6.07) is 5.57. The number of Topliss-reactive ketones (excluding diaryl/α,β-unsaturated/α-hetero) is 1. The number of carbonyl (C=O) groups excluding carboxylic acids is 2. The number of hydrogen-bond donors (Lipinski definition) is 1. The van der Waals surface area contributed by atoms with E-state index in [1.807, 2.05) is 23.2 Å².